The fraction of sp³-hybridized carbons (Fsp3) is 0.571. The van der Waals surface area contributed by atoms with Crippen LogP contribution in [0, 0.1) is 0 Å². The van der Waals surface area contributed by atoms with Gasteiger partial charge in [-0.2, -0.15) is 0 Å². The zero-order valence-electron chi connectivity index (χ0n) is 44.0. The monoisotopic (exact) mass is 951 g/mol. The minimum absolute atomic E-state index is 0.139. The lowest BCUT2D eigenvalue weighted by Gasteiger charge is -2.18. The molecule has 0 heterocycles. The van der Waals surface area contributed by atoms with E-state index in [1.165, 1.54) is 51.4 Å². The van der Waals surface area contributed by atoms with Crippen LogP contribution in [-0.2, 0) is 28.6 Å². The molecule has 0 aliphatic carbocycles. The highest BCUT2D eigenvalue weighted by atomic mass is 16.6. The van der Waals surface area contributed by atoms with E-state index >= 15 is 0 Å². The van der Waals surface area contributed by atoms with Gasteiger partial charge in [0, 0.05) is 19.3 Å². The molecule has 69 heavy (non-hydrogen) atoms. The maximum absolute atomic E-state index is 12.8. The van der Waals surface area contributed by atoms with Crippen molar-refractivity contribution in [3.05, 3.63) is 146 Å². The van der Waals surface area contributed by atoms with Crippen LogP contribution in [0.5, 0.6) is 0 Å². The second kappa shape index (κ2) is 55.9. The lowest BCUT2D eigenvalue weighted by atomic mass is 10.1. The van der Waals surface area contributed by atoms with Gasteiger partial charge < -0.3 is 14.2 Å². The Morgan fingerprint density at radius 1 is 0.304 bits per heavy atom. The van der Waals surface area contributed by atoms with Crippen LogP contribution >= 0.6 is 0 Å². The van der Waals surface area contributed by atoms with Crippen molar-refractivity contribution in [2.75, 3.05) is 13.2 Å². The van der Waals surface area contributed by atoms with E-state index in [2.05, 4.69) is 154 Å². The van der Waals surface area contributed by atoms with Gasteiger partial charge in [-0.15, -0.1) is 0 Å². The van der Waals surface area contributed by atoms with E-state index in [-0.39, 0.29) is 38.0 Å². The molecule has 6 heteroatoms. The Kier molecular flexibility index (Phi) is 52.1. The molecule has 0 bridgehead atoms. The molecule has 0 saturated carbocycles. The minimum Gasteiger partial charge on any atom is -0.462 e. The number of hydrogen-bond acceptors (Lipinski definition) is 6. The normalized spacial score (nSPS) is 13.3. The fourth-order valence-electron chi connectivity index (χ4n) is 6.71. The van der Waals surface area contributed by atoms with Gasteiger partial charge in [0.25, 0.3) is 0 Å². The summed E-state index contributed by atoms with van der Waals surface area (Å²) in [5, 5.41) is 0. The number of carbonyl (C=O) groups excluding carboxylic acids is 3. The van der Waals surface area contributed by atoms with Crippen LogP contribution in [-0.4, -0.2) is 37.2 Å². The van der Waals surface area contributed by atoms with Gasteiger partial charge in [-0.1, -0.05) is 205 Å². The van der Waals surface area contributed by atoms with E-state index in [0.717, 1.165) is 109 Å². The van der Waals surface area contributed by atoms with Crippen LogP contribution in [0.1, 0.15) is 213 Å². The van der Waals surface area contributed by atoms with E-state index in [1.807, 2.05) is 12.2 Å². The maximum Gasteiger partial charge on any atom is 0.306 e. The Bertz CT molecular complexity index is 1560. The molecule has 0 radical (unpaired) electrons. The van der Waals surface area contributed by atoms with Crippen LogP contribution in [0.4, 0.5) is 0 Å². The summed E-state index contributed by atoms with van der Waals surface area (Å²) in [5.41, 5.74) is 0. The van der Waals surface area contributed by atoms with Crippen molar-refractivity contribution in [1.82, 2.24) is 0 Å². The first-order chi connectivity index (χ1) is 34.0. The molecular weight excluding hydrogens is 853 g/mol. The Hall–Kier alpha value is -4.71. The smallest absolute Gasteiger partial charge is 0.306 e. The zero-order valence-corrected chi connectivity index (χ0v) is 44.0. The Balaban J connectivity index is 4.64. The first kappa shape index (κ1) is 64.3. The number of rotatable bonds is 47. The van der Waals surface area contributed by atoms with E-state index in [4.69, 9.17) is 14.2 Å². The Morgan fingerprint density at radius 3 is 0.957 bits per heavy atom. The van der Waals surface area contributed by atoms with E-state index in [1.54, 1.807) is 0 Å². The van der Waals surface area contributed by atoms with Crippen molar-refractivity contribution in [1.29, 1.82) is 0 Å². The first-order valence-electron chi connectivity index (χ1n) is 27.3. The van der Waals surface area contributed by atoms with Crippen molar-refractivity contribution in [2.24, 2.45) is 0 Å². The molecule has 0 aromatic carbocycles. The largest absolute Gasteiger partial charge is 0.462 e. The molecule has 0 aromatic heterocycles. The second-order valence-corrected chi connectivity index (χ2v) is 17.4. The van der Waals surface area contributed by atoms with Crippen molar-refractivity contribution >= 4 is 17.9 Å². The van der Waals surface area contributed by atoms with Gasteiger partial charge in [0.05, 0.1) is 0 Å². The van der Waals surface area contributed by atoms with Crippen molar-refractivity contribution in [2.45, 2.75) is 219 Å². The lowest BCUT2D eigenvalue weighted by Crippen LogP contribution is -2.30. The summed E-state index contributed by atoms with van der Waals surface area (Å²) in [6, 6.07) is 0. The third-order valence-corrected chi connectivity index (χ3v) is 10.8. The van der Waals surface area contributed by atoms with Crippen LogP contribution in [0.25, 0.3) is 0 Å². The molecule has 0 amide bonds. The van der Waals surface area contributed by atoms with Gasteiger partial charge in [-0.05, 0) is 135 Å². The average molecular weight is 951 g/mol. The summed E-state index contributed by atoms with van der Waals surface area (Å²) in [4.78, 5) is 38.0. The molecule has 0 N–H and O–H groups in total. The Morgan fingerprint density at radius 2 is 0.594 bits per heavy atom. The first-order valence-corrected chi connectivity index (χ1v) is 27.3. The van der Waals surface area contributed by atoms with E-state index in [0.29, 0.717) is 19.3 Å². The molecule has 0 aliphatic heterocycles. The molecule has 0 saturated heterocycles. The third-order valence-electron chi connectivity index (χ3n) is 10.8. The number of allylic oxidation sites excluding steroid dienone is 24. The number of hydrogen-bond donors (Lipinski definition) is 0. The molecule has 0 fully saturated rings. The molecule has 0 aliphatic rings. The topological polar surface area (TPSA) is 78.9 Å². The number of ether oxygens (including phenoxy) is 3. The van der Waals surface area contributed by atoms with Crippen molar-refractivity contribution in [3.63, 3.8) is 0 Å². The summed E-state index contributed by atoms with van der Waals surface area (Å²) in [6.07, 6.45) is 79.9. The summed E-state index contributed by atoms with van der Waals surface area (Å²) < 4.78 is 16.7. The molecule has 6 nitrogen and oxygen atoms in total. The van der Waals surface area contributed by atoms with Crippen LogP contribution < -0.4 is 0 Å². The summed E-state index contributed by atoms with van der Waals surface area (Å²) in [6.45, 7) is 6.33. The molecule has 0 aromatic rings. The van der Waals surface area contributed by atoms with Gasteiger partial charge in [0.2, 0.25) is 0 Å². The standard InChI is InChI=1S/C63H98O6/c1-4-7-10-13-16-19-22-25-28-30-31-33-36-39-42-45-48-51-54-57-63(66)69-60(58-67-61(64)55-52-49-46-43-40-37-34-27-24-21-18-15-12-9-6-3)59-68-62(65)56-53-50-47-44-41-38-35-32-29-26-23-20-17-14-11-8-5-2/h9,12,16-21,25-29,31,33-35,38-40,42-43,48,51,60H,4-8,10-11,13-15,22-24,30,32,36-37,41,44-47,49-50,52-59H2,1-3H3/b12-9-,19-16-,20-17-,21-18-,28-25-,29-26-,33-31-,34-27-,38-35-,42-39-,43-40-,51-48-/t60-/m1/s1. The summed E-state index contributed by atoms with van der Waals surface area (Å²) in [5.74, 6) is -1.09. The number of esters is 3. The van der Waals surface area contributed by atoms with Gasteiger partial charge >= 0.3 is 17.9 Å². The predicted octanol–water partition coefficient (Wildman–Crippen LogP) is 18.4. The molecular formula is C63H98O6. The lowest BCUT2D eigenvalue weighted by molar-refractivity contribution is -0.166. The van der Waals surface area contributed by atoms with E-state index in [9.17, 15) is 14.4 Å². The quantitative estimate of drug-likeness (QED) is 0.0262. The van der Waals surface area contributed by atoms with Gasteiger partial charge in [-0.25, -0.2) is 0 Å². The highest BCUT2D eigenvalue weighted by molar-refractivity contribution is 5.71. The predicted molar refractivity (Wildman–Crippen MR) is 297 cm³/mol. The highest BCUT2D eigenvalue weighted by Gasteiger charge is 2.19. The second-order valence-electron chi connectivity index (χ2n) is 17.4. The molecule has 0 rings (SSSR count). The number of unbranched alkanes of at least 4 members (excludes halogenated alkanes) is 12. The minimum atomic E-state index is -0.851. The van der Waals surface area contributed by atoms with Crippen molar-refractivity contribution in [3.8, 4) is 0 Å². The molecule has 0 spiro atoms. The molecule has 386 valence electrons. The van der Waals surface area contributed by atoms with E-state index < -0.39 is 12.1 Å². The third kappa shape index (κ3) is 54.1. The molecule has 1 atom stereocenters. The van der Waals surface area contributed by atoms with Crippen LogP contribution in [0.2, 0.25) is 0 Å². The number of carbonyl (C=O) groups is 3. The summed E-state index contributed by atoms with van der Waals surface area (Å²) >= 11 is 0. The zero-order chi connectivity index (χ0) is 50.0. The van der Waals surface area contributed by atoms with Crippen LogP contribution in [0.15, 0.2) is 146 Å². The SMILES string of the molecule is CC/C=C\C/C=C\C/C=C\C/C=C\CCCCC(=O)OC[C@H](COC(=O)CCCCCC/C=C\C/C=C\C/C=C\CCCCC)OC(=O)CC/C=C\C/C=C\C/C=C\C/C=C\C/C=C\CCCCC. The van der Waals surface area contributed by atoms with Gasteiger partial charge in [0.1, 0.15) is 13.2 Å². The van der Waals surface area contributed by atoms with Crippen LogP contribution in [0.3, 0.4) is 0 Å². The molecule has 0 unspecified atom stereocenters. The maximum atomic E-state index is 12.8. The Labute approximate surface area is 423 Å². The van der Waals surface area contributed by atoms with Gasteiger partial charge in [0.15, 0.2) is 6.10 Å². The summed E-state index contributed by atoms with van der Waals surface area (Å²) in [7, 11) is 0. The average Bonchev–Trinajstić information content (AvgIpc) is 3.35. The fourth-order valence-corrected chi connectivity index (χ4v) is 6.71. The van der Waals surface area contributed by atoms with Crippen molar-refractivity contribution < 1.29 is 28.6 Å². The highest BCUT2D eigenvalue weighted by Crippen LogP contribution is 2.10. The van der Waals surface area contributed by atoms with Gasteiger partial charge in [-0.3, -0.25) is 14.4 Å².